The van der Waals surface area contributed by atoms with Gasteiger partial charge in [-0.05, 0) is 23.8 Å². The van der Waals surface area contributed by atoms with E-state index < -0.39 is 0 Å². The molecule has 0 saturated carbocycles. The molecule has 0 radical (unpaired) electrons. The monoisotopic (exact) mass is 191 g/mol. The lowest BCUT2D eigenvalue weighted by Gasteiger charge is -1.99. The molecular formula is C11H13NO2. The first-order valence-electron chi connectivity index (χ1n) is 4.30. The van der Waals surface area contributed by atoms with Gasteiger partial charge >= 0.3 is 0 Å². The molecule has 1 aromatic carbocycles. The maximum Gasteiger partial charge on any atom is 0.220 e. The summed E-state index contributed by atoms with van der Waals surface area (Å²) in [6.45, 7) is 1.47. The van der Waals surface area contributed by atoms with Gasteiger partial charge in [-0.15, -0.1) is 0 Å². The third-order valence-electron chi connectivity index (χ3n) is 1.68. The van der Waals surface area contributed by atoms with Gasteiger partial charge in [-0.3, -0.25) is 4.79 Å². The minimum Gasteiger partial charge on any atom is -0.497 e. The van der Waals surface area contributed by atoms with E-state index in [1.54, 1.807) is 13.3 Å². The minimum atomic E-state index is -0.0743. The summed E-state index contributed by atoms with van der Waals surface area (Å²) in [7, 11) is 1.63. The second-order valence-electron chi connectivity index (χ2n) is 2.81. The van der Waals surface area contributed by atoms with E-state index in [-0.39, 0.29) is 5.91 Å². The summed E-state index contributed by atoms with van der Waals surface area (Å²) < 4.78 is 5.02. The fraction of sp³-hybridized carbons (Fsp3) is 0.182. The Morgan fingerprint density at radius 3 is 2.50 bits per heavy atom. The van der Waals surface area contributed by atoms with Crippen molar-refractivity contribution in [2.75, 3.05) is 7.11 Å². The zero-order chi connectivity index (χ0) is 10.4. The second-order valence-corrected chi connectivity index (χ2v) is 2.81. The second kappa shape index (κ2) is 5.07. The molecule has 0 heterocycles. The average Bonchev–Trinajstić information content (AvgIpc) is 2.18. The summed E-state index contributed by atoms with van der Waals surface area (Å²) in [5, 5.41) is 2.57. The van der Waals surface area contributed by atoms with Crippen molar-refractivity contribution in [3.8, 4) is 5.75 Å². The Morgan fingerprint density at radius 1 is 1.36 bits per heavy atom. The predicted molar refractivity (Wildman–Crippen MR) is 55.8 cm³/mol. The van der Waals surface area contributed by atoms with E-state index in [1.165, 1.54) is 6.92 Å². The summed E-state index contributed by atoms with van der Waals surface area (Å²) in [6, 6.07) is 7.56. The first-order chi connectivity index (χ1) is 6.72. The predicted octanol–water partition coefficient (Wildman–Crippen LogP) is 1.80. The third-order valence-corrected chi connectivity index (χ3v) is 1.68. The molecule has 0 bridgehead atoms. The molecule has 0 fully saturated rings. The van der Waals surface area contributed by atoms with E-state index in [0.29, 0.717) is 0 Å². The number of nitrogens with one attached hydrogen (secondary N) is 1. The van der Waals surface area contributed by atoms with Gasteiger partial charge in [0.1, 0.15) is 5.75 Å². The molecule has 0 unspecified atom stereocenters. The number of hydrogen-bond donors (Lipinski definition) is 1. The van der Waals surface area contributed by atoms with Crippen molar-refractivity contribution in [2.45, 2.75) is 6.92 Å². The lowest BCUT2D eigenvalue weighted by atomic mass is 10.2. The van der Waals surface area contributed by atoms with Gasteiger partial charge in [-0.2, -0.15) is 0 Å². The Hall–Kier alpha value is -1.77. The number of amides is 1. The highest BCUT2D eigenvalue weighted by atomic mass is 16.5. The van der Waals surface area contributed by atoms with Crippen molar-refractivity contribution in [3.05, 3.63) is 36.0 Å². The van der Waals surface area contributed by atoms with Crippen LogP contribution in [-0.2, 0) is 4.79 Å². The van der Waals surface area contributed by atoms with E-state index in [0.717, 1.165) is 11.3 Å². The summed E-state index contributed by atoms with van der Waals surface area (Å²) in [5.74, 6) is 0.747. The van der Waals surface area contributed by atoms with Crippen molar-refractivity contribution >= 4 is 12.0 Å². The van der Waals surface area contributed by atoms with Crippen molar-refractivity contribution < 1.29 is 9.53 Å². The van der Waals surface area contributed by atoms with E-state index in [9.17, 15) is 4.79 Å². The van der Waals surface area contributed by atoms with Crippen molar-refractivity contribution in [2.24, 2.45) is 0 Å². The summed E-state index contributed by atoms with van der Waals surface area (Å²) in [6.07, 6.45) is 3.44. The van der Waals surface area contributed by atoms with Crippen LogP contribution in [0, 0.1) is 0 Å². The first-order valence-corrected chi connectivity index (χ1v) is 4.30. The molecule has 0 spiro atoms. The van der Waals surface area contributed by atoms with Crippen LogP contribution >= 0.6 is 0 Å². The number of benzene rings is 1. The Balaban J connectivity index is 2.59. The number of methoxy groups -OCH3 is 1. The van der Waals surface area contributed by atoms with Gasteiger partial charge in [-0.1, -0.05) is 12.1 Å². The van der Waals surface area contributed by atoms with Crippen LogP contribution in [0.3, 0.4) is 0 Å². The maximum absolute atomic E-state index is 10.6. The largest absolute Gasteiger partial charge is 0.497 e. The highest BCUT2D eigenvalue weighted by molar-refractivity contribution is 5.74. The first kappa shape index (κ1) is 10.3. The topological polar surface area (TPSA) is 38.3 Å². The molecule has 1 amide bonds. The van der Waals surface area contributed by atoms with Crippen LogP contribution in [0.1, 0.15) is 12.5 Å². The van der Waals surface area contributed by atoms with E-state index in [4.69, 9.17) is 4.74 Å². The van der Waals surface area contributed by atoms with Gasteiger partial charge < -0.3 is 10.1 Å². The van der Waals surface area contributed by atoms with Crippen LogP contribution in [0.5, 0.6) is 5.75 Å². The molecule has 0 aliphatic carbocycles. The highest BCUT2D eigenvalue weighted by Gasteiger charge is 1.89. The molecule has 1 N–H and O–H groups in total. The standard InChI is InChI=1S/C11H13NO2/c1-9(13)12-8-7-10-3-5-11(14-2)6-4-10/h3-8H,1-2H3,(H,12,13). The van der Waals surface area contributed by atoms with Gasteiger partial charge in [0, 0.05) is 13.1 Å². The summed E-state index contributed by atoms with van der Waals surface area (Å²) in [4.78, 5) is 10.6. The molecule has 14 heavy (non-hydrogen) atoms. The Kier molecular flexibility index (Phi) is 3.73. The van der Waals surface area contributed by atoms with Crippen LogP contribution < -0.4 is 10.1 Å². The zero-order valence-electron chi connectivity index (χ0n) is 8.28. The van der Waals surface area contributed by atoms with Crippen LogP contribution in [0.25, 0.3) is 6.08 Å². The molecule has 74 valence electrons. The van der Waals surface area contributed by atoms with Gasteiger partial charge in [0.15, 0.2) is 0 Å². The normalized spacial score (nSPS) is 10.1. The lowest BCUT2D eigenvalue weighted by Crippen LogP contribution is -2.10. The minimum absolute atomic E-state index is 0.0743. The molecule has 0 saturated heterocycles. The Labute approximate surface area is 83.4 Å². The van der Waals surface area contributed by atoms with Gasteiger partial charge in [0.05, 0.1) is 7.11 Å². The average molecular weight is 191 g/mol. The third kappa shape index (κ3) is 3.31. The molecule has 0 aliphatic heterocycles. The number of rotatable bonds is 3. The van der Waals surface area contributed by atoms with Crippen molar-refractivity contribution in [3.63, 3.8) is 0 Å². The number of carbonyl (C=O) groups is 1. The van der Waals surface area contributed by atoms with Crippen LogP contribution in [-0.4, -0.2) is 13.0 Å². The fourth-order valence-electron chi connectivity index (χ4n) is 0.970. The van der Waals surface area contributed by atoms with Gasteiger partial charge in [0.25, 0.3) is 0 Å². The number of ether oxygens (including phenoxy) is 1. The quantitative estimate of drug-likeness (QED) is 0.791. The molecule has 3 heteroatoms. The van der Waals surface area contributed by atoms with E-state index in [1.807, 2.05) is 30.3 Å². The molecule has 1 rings (SSSR count). The van der Waals surface area contributed by atoms with E-state index in [2.05, 4.69) is 5.32 Å². The van der Waals surface area contributed by atoms with Crippen LogP contribution in [0.4, 0.5) is 0 Å². The summed E-state index contributed by atoms with van der Waals surface area (Å²) >= 11 is 0. The maximum atomic E-state index is 10.6. The molecule has 3 nitrogen and oxygen atoms in total. The number of hydrogen-bond acceptors (Lipinski definition) is 2. The molecule has 0 aromatic heterocycles. The Morgan fingerprint density at radius 2 is 2.00 bits per heavy atom. The molecular weight excluding hydrogens is 178 g/mol. The van der Waals surface area contributed by atoms with Crippen LogP contribution in [0.15, 0.2) is 30.5 Å². The lowest BCUT2D eigenvalue weighted by molar-refractivity contribution is -0.118. The highest BCUT2D eigenvalue weighted by Crippen LogP contribution is 2.11. The van der Waals surface area contributed by atoms with Crippen molar-refractivity contribution in [1.82, 2.24) is 5.32 Å². The fourth-order valence-corrected chi connectivity index (χ4v) is 0.970. The zero-order valence-corrected chi connectivity index (χ0v) is 8.28. The van der Waals surface area contributed by atoms with E-state index >= 15 is 0 Å². The molecule has 0 atom stereocenters. The van der Waals surface area contributed by atoms with Crippen molar-refractivity contribution in [1.29, 1.82) is 0 Å². The van der Waals surface area contributed by atoms with Gasteiger partial charge in [-0.25, -0.2) is 0 Å². The Bertz CT molecular complexity index is 328. The van der Waals surface area contributed by atoms with Crippen LogP contribution in [0.2, 0.25) is 0 Å². The smallest absolute Gasteiger partial charge is 0.220 e. The molecule has 1 aromatic rings. The number of carbonyl (C=O) groups excluding carboxylic acids is 1. The van der Waals surface area contributed by atoms with Gasteiger partial charge in [0.2, 0.25) is 5.91 Å². The molecule has 0 aliphatic rings. The SMILES string of the molecule is COc1ccc(C=CNC(C)=O)cc1. The summed E-state index contributed by atoms with van der Waals surface area (Å²) in [5.41, 5.74) is 1.01.